The SMILES string of the molecule is Cc1onc(-c2ccccc2)c1C(=O)N1CCN(Cc2nc3ccccc3s2)CC1. The van der Waals surface area contributed by atoms with E-state index in [4.69, 9.17) is 9.51 Å². The van der Waals surface area contributed by atoms with Gasteiger partial charge < -0.3 is 9.42 Å². The molecule has 5 rings (SSSR count). The number of benzene rings is 2. The van der Waals surface area contributed by atoms with Gasteiger partial charge in [-0.15, -0.1) is 11.3 Å². The van der Waals surface area contributed by atoms with Crippen molar-refractivity contribution in [3.8, 4) is 11.3 Å². The highest BCUT2D eigenvalue weighted by molar-refractivity contribution is 7.18. The van der Waals surface area contributed by atoms with Gasteiger partial charge in [-0.25, -0.2) is 4.98 Å². The van der Waals surface area contributed by atoms with Crippen molar-refractivity contribution in [2.45, 2.75) is 13.5 Å². The van der Waals surface area contributed by atoms with Crippen LogP contribution in [0.2, 0.25) is 0 Å². The summed E-state index contributed by atoms with van der Waals surface area (Å²) < 4.78 is 6.60. The molecule has 6 nitrogen and oxygen atoms in total. The summed E-state index contributed by atoms with van der Waals surface area (Å²) in [6.45, 7) is 5.64. The fraction of sp³-hybridized carbons (Fsp3) is 0.261. The second-order valence-electron chi connectivity index (χ2n) is 7.47. The molecule has 152 valence electrons. The first-order valence-corrected chi connectivity index (χ1v) is 10.9. The summed E-state index contributed by atoms with van der Waals surface area (Å²) in [5.74, 6) is 0.558. The summed E-state index contributed by atoms with van der Waals surface area (Å²) in [6.07, 6.45) is 0. The Balaban J connectivity index is 1.27. The van der Waals surface area contributed by atoms with Crippen LogP contribution in [0.15, 0.2) is 59.1 Å². The number of para-hydroxylation sites is 1. The quantitative estimate of drug-likeness (QED) is 0.497. The van der Waals surface area contributed by atoms with Gasteiger partial charge in [-0.1, -0.05) is 47.6 Å². The molecule has 0 radical (unpaired) electrons. The average molecular weight is 419 g/mol. The van der Waals surface area contributed by atoms with Gasteiger partial charge in [-0.05, 0) is 19.1 Å². The first-order valence-electron chi connectivity index (χ1n) is 10.1. The fourth-order valence-electron chi connectivity index (χ4n) is 3.86. The van der Waals surface area contributed by atoms with Gasteiger partial charge >= 0.3 is 0 Å². The predicted octanol–water partition coefficient (Wildman–Crippen LogP) is 4.22. The van der Waals surface area contributed by atoms with Crippen molar-refractivity contribution >= 4 is 27.5 Å². The lowest BCUT2D eigenvalue weighted by Crippen LogP contribution is -2.48. The zero-order valence-corrected chi connectivity index (χ0v) is 17.6. The van der Waals surface area contributed by atoms with Gasteiger partial charge in [-0.2, -0.15) is 0 Å². The van der Waals surface area contributed by atoms with E-state index in [0.29, 0.717) is 30.1 Å². The summed E-state index contributed by atoms with van der Waals surface area (Å²) in [5.41, 5.74) is 3.14. The van der Waals surface area contributed by atoms with Crippen molar-refractivity contribution < 1.29 is 9.32 Å². The first kappa shape index (κ1) is 19.0. The minimum atomic E-state index is -0.00719. The average Bonchev–Trinajstić information content (AvgIpc) is 3.37. The minimum Gasteiger partial charge on any atom is -0.360 e. The topological polar surface area (TPSA) is 62.5 Å². The Morgan fingerprint density at radius 2 is 1.77 bits per heavy atom. The molecule has 2 aromatic heterocycles. The maximum Gasteiger partial charge on any atom is 0.259 e. The Kier molecular flexibility index (Phi) is 5.06. The molecule has 1 aliphatic rings. The lowest BCUT2D eigenvalue weighted by atomic mass is 10.0. The highest BCUT2D eigenvalue weighted by Crippen LogP contribution is 2.27. The van der Waals surface area contributed by atoms with Crippen molar-refractivity contribution in [3.63, 3.8) is 0 Å². The summed E-state index contributed by atoms with van der Waals surface area (Å²) >= 11 is 1.74. The van der Waals surface area contributed by atoms with Gasteiger partial charge in [-0.3, -0.25) is 9.69 Å². The van der Waals surface area contributed by atoms with E-state index in [1.807, 2.05) is 47.4 Å². The van der Waals surface area contributed by atoms with Crippen LogP contribution in [-0.2, 0) is 6.54 Å². The predicted molar refractivity (Wildman–Crippen MR) is 117 cm³/mol. The van der Waals surface area contributed by atoms with Crippen molar-refractivity contribution in [2.75, 3.05) is 26.2 Å². The molecule has 1 fully saturated rings. The zero-order chi connectivity index (χ0) is 20.5. The molecule has 0 saturated carbocycles. The third-order valence-electron chi connectivity index (χ3n) is 5.48. The van der Waals surface area contributed by atoms with Gasteiger partial charge in [0.25, 0.3) is 5.91 Å². The van der Waals surface area contributed by atoms with Crippen LogP contribution in [0, 0.1) is 6.92 Å². The number of nitrogens with zero attached hydrogens (tertiary/aromatic N) is 4. The molecular weight excluding hydrogens is 396 g/mol. The molecule has 1 aliphatic heterocycles. The maximum atomic E-state index is 13.3. The smallest absolute Gasteiger partial charge is 0.259 e. The lowest BCUT2D eigenvalue weighted by Gasteiger charge is -2.34. The van der Waals surface area contributed by atoms with Crippen molar-refractivity contribution in [1.29, 1.82) is 0 Å². The van der Waals surface area contributed by atoms with E-state index < -0.39 is 0 Å². The molecule has 7 heteroatoms. The Morgan fingerprint density at radius 3 is 2.53 bits per heavy atom. The van der Waals surface area contributed by atoms with Crippen LogP contribution in [0.1, 0.15) is 21.1 Å². The van der Waals surface area contributed by atoms with Crippen LogP contribution < -0.4 is 0 Å². The van der Waals surface area contributed by atoms with E-state index in [0.717, 1.165) is 35.7 Å². The van der Waals surface area contributed by atoms with Gasteiger partial charge in [0.1, 0.15) is 22.0 Å². The lowest BCUT2D eigenvalue weighted by molar-refractivity contribution is 0.0627. The third-order valence-corrected chi connectivity index (χ3v) is 6.50. The van der Waals surface area contributed by atoms with Crippen LogP contribution in [0.5, 0.6) is 0 Å². The number of carbonyl (C=O) groups excluding carboxylic acids is 1. The number of aryl methyl sites for hydroxylation is 1. The summed E-state index contributed by atoms with van der Waals surface area (Å²) in [6, 6.07) is 18.0. The highest BCUT2D eigenvalue weighted by Gasteiger charge is 2.28. The molecule has 0 bridgehead atoms. The van der Waals surface area contributed by atoms with E-state index in [-0.39, 0.29) is 5.91 Å². The molecule has 1 saturated heterocycles. The summed E-state index contributed by atoms with van der Waals surface area (Å²) in [7, 11) is 0. The molecule has 4 aromatic rings. The summed E-state index contributed by atoms with van der Waals surface area (Å²) in [5, 5.41) is 5.28. The number of hydrogen-bond donors (Lipinski definition) is 0. The van der Waals surface area contributed by atoms with Gasteiger partial charge in [0.15, 0.2) is 0 Å². The third kappa shape index (κ3) is 3.62. The fourth-order valence-corrected chi connectivity index (χ4v) is 4.87. The standard InChI is InChI=1S/C23H22N4O2S/c1-16-21(22(25-29-16)17-7-3-2-4-8-17)23(28)27-13-11-26(12-14-27)15-20-24-18-9-5-6-10-19(18)30-20/h2-10H,11-15H2,1H3. The Labute approximate surface area is 178 Å². The van der Waals surface area contributed by atoms with Gasteiger partial charge in [0, 0.05) is 31.7 Å². The minimum absolute atomic E-state index is 0.00719. The largest absolute Gasteiger partial charge is 0.360 e. The first-order chi connectivity index (χ1) is 14.7. The number of hydrogen-bond acceptors (Lipinski definition) is 6. The van der Waals surface area contributed by atoms with E-state index in [1.165, 1.54) is 4.70 Å². The van der Waals surface area contributed by atoms with E-state index in [1.54, 1.807) is 18.3 Å². The van der Waals surface area contributed by atoms with Gasteiger partial charge in [0.2, 0.25) is 0 Å². The molecular formula is C23H22N4O2S. The van der Waals surface area contributed by atoms with Crippen LogP contribution in [0.3, 0.4) is 0 Å². The van der Waals surface area contributed by atoms with Crippen molar-refractivity contribution in [2.24, 2.45) is 0 Å². The zero-order valence-electron chi connectivity index (χ0n) is 16.7. The van der Waals surface area contributed by atoms with Crippen molar-refractivity contribution in [3.05, 3.63) is 70.9 Å². The second-order valence-corrected chi connectivity index (χ2v) is 8.59. The molecule has 2 aromatic carbocycles. The molecule has 3 heterocycles. The molecule has 0 atom stereocenters. The number of amides is 1. The molecule has 0 aliphatic carbocycles. The second kappa shape index (κ2) is 8.01. The van der Waals surface area contributed by atoms with Crippen LogP contribution in [0.4, 0.5) is 0 Å². The van der Waals surface area contributed by atoms with E-state index in [9.17, 15) is 4.79 Å². The Morgan fingerprint density at radius 1 is 1.03 bits per heavy atom. The summed E-state index contributed by atoms with van der Waals surface area (Å²) in [4.78, 5) is 22.3. The van der Waals surface area contributed by atoms with Crippen LogP contribution in [-0.4, -0.2) is 52.0 Å². The number of rotatable bonds is 4. The van der Waals surface area contributed by atoms with Crippen LogP contribution in [0.25, 0.3) is 21.5 Å². The molecule has 0 spiro atoms. The number of fused-ring (bicyclic) bond motifs is 1. The van der Waals surface area contributed by atoms with Crippen molar-refractivity contribution in [1.82, 2.24) is 19.9 Å². The maximum absolute atomic E-state index is 13.3. The van der Waals surface area contributed by atoms with Crippen LogP contribution >= 0.6 is 11.3 Å². The normalized spacial score (nSPS) is 15.0. The van der Waals surface area contributed by atoms with E-state index in [2.05, 4.69) is 22.2 Å². The number of thiazole rings is 1. The molecule has 30 heavy (non-hydrogen) atoms. The highest BCUT2D eigenvalue weighted by atomic mass is 32.1. The Bertz CT molecular complexity index is 1140. The molecule has 0 N–H and O–H groups in total. The van der Waals surface area contributed by atoms with Gasteiger partial charge in [0.05, 0.1) is 16.8 Å². The number of piperazine rings is 1. The molecule has 1 amide bonds. The number of carbonyl (C=O) groups is 1. The number of aromatic nitrogens is 2. The molecule has 0 unspecified atom stereocenters. The van der Waals surface area contributed by atoms with E-state index >= 15 is 0 Å². The monoisotopic (exact) mass is 418 g/mol. The Hall–Kier alpha value is -3.03.